The number of carbonyl (C=O) groups is 1. The number of nitrogens with zero attached hydrogens (tertiary/aromatic N) is 1. The molecule has 0 heterocycles. The lowest BCUT2D eigenvalue weighted by molar-refractivity contribution is -0.883. The van der Waals surface area contributed by atoms with Gasteiger partial charge in [0.25, 0.3) is 10.0 Å². The molecular formula is C14H16F15N2O4S+. The molecule has 22 heteroatoms. The molecule has 0 unspecified atom stereocenters. The molecule has 216 valence electrons. The monoisotopic (exact) mass is 593 g/mol. The first-order valence-corrected chi connectivity index (χ1v) is 10.2. The molecule has 0 atom stereocenters. The van der Waals surface area contributed by atoms with Crippen molar-refractivity contribution in [3.05, 3.63) is 0 Å². The fourth-order valence-corrected chi connectivity index (χ4v) is 3.43. The molecular weight excluding hydrogens is 577 g/mol. The Morgan fingerprint density at radius 3 is 1.44 bits per heavy atom. The van der Waals surface area contributed by atoms with Crippen LogP contribution in [0.4, 0.5) is 65.9 Å². The number of hydrogen-bond donors (Lipinski definition) is 2. The molecule has 0 saturated carbocycles. The molecule has 0 amide bonds. The standard InChI is InChI=1S/C14H15F15N2O4S/c1-31(2,6-7(32)33)5-3-4-30-36(34,35)14(28,29)12(23,24)10(19,20)8(15,16)9(17,18)11(21,22)13(25,26)27/h30H,3-6H2,1-2H3/p+1. The highest BCUT2D eigenvalue weighted by Gasteiger charge is 2.94. The first-order chi connectivity index (χ1) is 15.4. The molecule has 0 aromatic rings. The summed E-state index contributed by atoms with van der Waals surface area (Å²) in [6, 6.07) is 0. The van der Waals surface area contributed by atoms with Gasteiger partial charge in [-0.2, -0.15) is 65.9 Å². The Morgan fingerprint density at radius 1 is 0.722 bits per heavy atom. The summed E-state index contributed by atoms with van der Waals surface area (Å²) in [5.41, 5.74) is 0. The highest BCUT2D eigenvalue weighted by atomic mass is 32.2. The van der Waals surface area contributed by atoms with Crippen LogP contribution >= 0.6 is 0 Å². The normalized spacial score (nSPS) is 15.8. The Hall–Kier alpha value is -1.71. The van der Waals surface area contributed by atoms with E-state index in [9.17, 15) is 79.1 Å². The molecule has 0 saturated heterocycles. The number of sulfonamides is 1. The van der Waals surface area contributed by atoms with Gasteiger partial charge in [-0.3, -0.25) is 0 Å². The van der Waals surface area contributed by atoms with Gasteiger partial charge in [-0.15, -0.1) is 0 Å². The topological polar surface area (TPSA) is 83.5 Å². The summed E-state index contributed by atoms with van der Waals surface area (Å²) in [5.74, 6) is -43.4. The minimum atomic E-state index is -8.60. The van der Waals surface area contributed by atoms with E-state index >= 15 is 0 Å². The number of nitrogens with one attached hydrogen (secondary N) is 1. The fourth-order valence-electron chi connectivity index (χ4n) is 2.37. The second-order valence-electron chi connectivity index (χ2n) is 7.85. The first-order valence-electron chi connectivity index (χ1n) is 8.74. The molecule has 6 nitrogen and oxygen atoms in total. The molecule has 2 N–H and O–H groups in total. The Morgan fingerprint density at radius 2 is 1.08 bits per heavy atom. The summed E-state index contributed by atoms with van der Waals surface area (Å²) in [6.45, 7) is -2.44. The van der Waals surface area contributed by atoms with Gasteiger partial charge in [0.05, 0.1) is 20.6 Å². The van der Waals surface area contributed by atoms with Gasteiger partial charge in [0.15, 0.2) is 6.54 Å². The van der Waals surface area contributed by atoms with Crippen LogP contribution in [-0.4, -0.2) is 98.7 Å². The van der Waals surface area contributed by atoms with E-state index < -0.39 is 87.6 Å². The van der Waals surface area contributed by atoms with Crippen LogP contribution in [0.5, 0.6) is 0 Å². The van der Waals surface area contributed by atoms with Crippen molar-refractivity contribution in [2.24, 2.45) is 0 Å². The highest BCUT2D eigenvalue weighted by molar-refractivity contribution is 7.90. The van der Waals surface area contributed by atoms with Crippen molar-refractivity contribution in [2.45, 2.75) is 47.5 Å². The number of halogens is 15. The van der Waals surface area contributed by atoms with E-state index in [2.05, 4.69) is 0 Å². The summed E-state index contributed by atoms with van der Waals surface area (Å²) < 4.78 is 220. The zero-order valence-corrected chi connectivity index (χ0v) is 18.3. The third kappa shape index (κ3) is 5.58. The van der Waals surface area contributed by atoms with Crippen molar-refractivity contribution in [2.75, 3.05) is 33.7 Å². The number of carboxylic acid groups (broad SMARTS) is 1. The van der Waals surface area contributed by atoms with E-state index in [1.165, 1.54) is 14.1 Å². The summed E-state index contributed by atoms with van der Waals surface area (Å²) in [7, 11) is -4.86. The highest BCUT2D eigenvalue weighted by Crippen LogP contribution is 2.62. The Bertz CT molecular complexity index is 916. The summed E-state index contributed by atoms with van der Waals surface area (Å²) in [5, 5.41) is 1.14. The molecule has 0 aromatic carbocycles. The van der Waals surface area contributed by atoms with Crippen molar-refractivity contribution < 1.29 is 88.7 Å². The van der Waals surface area contributed by atoms with E-state index in [-0.39, 0.29) is 0 Å². The quantitative estimate of drug-likeness (QED) is 0.194. The van der Waals surface area contributed by atoms with Crippen molar-refractivity contribution >= 4 is 16.0 Å². The van der Waals surface area contributed by atoms with Gasteiger partial charge in [0.1, 0.15) is 0 Å². The third-order valence-electron chi connectivity index (χ3n) is 4.43. The number of rotatable bonds is 13. The smallest absolute Gasteiger partial charge is 0.460 e. The maximum atomic E-state index is 13.8. The number of aliphatic carboxylic acids is 1. The molecule has 0 aliphatic carbocycles. The van der Waals surface area contributed by atoms with Crippen LogP contribution in [0.1, 0.15) is 6.42 Å². The van der Waals surface area contributed by atoms with Crippen molar-refractivity contribution in [3.8, 4) is 0 Å². The van der Waals surface area contributed by atoms with Gasteiger partial charge in [-0.25, -0.2) is 17.9 Å². The fraction of sp³-hybridized carbons (Fsp3) is 0.929. The zero-order chi connectivity index (χ0) is 29.6. The van der Waals surface area contributed by atoms with Crippen LogP contribution in [-0.2, 0) is 14.8 Å². The second-order valence-corrected chi connectivity index (χ2v) is 9.66. The van der Waals surface area contributed by atoms with Crippen LogP contribution < -0.4 is 4.72 Å². The van der Waals surface area contributed by atoms with Crippen LogP contribution in [0.2, 0.25) is 0 Å². The van der Waals surface area contributed by atoms with Crippen LogP contribution in [0.15, 0.2) is 0 Å². The maximum Gasteiger partial charge on any atom is 0.460 e. The molecule has 0 fully saturated rings. The number of carboxylic acids is 1. The number of alkyl halides is 15. The molecule has 0 rings (SSSR count). The van der Waals surface area contributed by atoms with Gasteiger partial charge in [0, 0.05) is 13.0 Å². The molecule has 0 radical (unpaired) electrons. The van der Waals surface area contributed by atoms with Crippen LogP contribution in [0.3, 0.4) is 0 Å². The molecule has 36 heavy (non-hydrogen) atoms. The molecule has 0 bridgehead atoms. The van der Waals surface area contributed by atoms with Crippen molar-refractivity contribution in [3.63, 3.8) is 0 Å². The summed E-state index contributed by atoms with van der Waals surface area (Å²) in [4.78, 5) is 10.6. The van der Waals surface area contributed by atoms with E-state index in [1.54, 1.807) is 0 Å². The Kier molecular flexibility index (Phi) is 9.10. The zero-order valence-electron chi connectivity index (χ0n) is 17.5. The predicted molar refractivity (Wildman–Crippen MR) is 86.8 cm³/mol. The van der Waals surface area contributed by atoms with Crippen molar-refractivity contribution in [1.82, 2.24) is 4.72 Å². The maximum absolute atomic E-state index is 13.8. The lowest BCUT2D eigenvalue weighted by atomic mass is 9.94. The van der Waals surface area contributed by atoms with Gasteiger partial charge < -0.3 is 9.59 Å². The minimum Gasteiger partial charge on any atom is -0.477 e. The lowest BCUT2D eigenvalue weighted by Crippen LogP contribution is -2.73. The summed E-state index contributed by atoms with van der Waals surface area (Å²) in [6.07, 6.45) is -8.46. The number of quaternary nitrogens is 1. The van der Waals surface area contributed by atoms with Crippen molar-refractivity contribution in [1.29, 1.82) is 0 Å². The SMILES string of the molecule is C[N+](C)(CCCNS(=O)(=O)C(F)(F)C(F)(F)C(F)(F)C(F)(F)C(F)(F)C(F)(F)C(F)(F)F)CC(=O)O. The number of likely N-dealkylation sites (N-methyl/N-ethyl adjacent to an activating group) is 1. The predicted octanol–water partition coefficient (Wildman–Crippen LogP) is 3.79. The second kappa shape index (κ2) is 9.55. The van der Waals surface area contributed by atoms with E-state index in [4.69, 9.17) is 5.11 Å². The largest absolute Gasteiger partial charge is 0.477 e. The average molecular weight is 593 g/mol. The van der Waals surface area contributed by atoms with Gasteiger partial charge in [0.2, 0.25) is 0 Å². The third-order valence-corrected chi connectivity index (χ3v) is 5.95. The molecule has 0 spiro atoms. The molecule has 0 aliphatic heterocycles. The van der Waals surface area contributed by atoms with E-state index in [0.29, 0.717) is 4.72 Å². The van der Waals surface area contributed by atoms with E-state index in [1.807, 2.05) is 0 Å². The minimum absolute atomic E-state index is 0.413. The Balaban J connectivity index is 6.15. The lowest BCUT2D eigenvalue weighted by Gasteiger charge is -2.41. The van der Waals surface area contributed by atoms with Gasteiger partial charge in [-0.1, -0.05) is 0 Å². The van der Waals surface area contributed by atoms with Gasteiger partial charge in [-0.05, 0) is 0 Å². The molecule has 0 aliphatic rings. The number of hydrogen-bond acceptors (Lipinski definition) is 3. The first kappa shape index (κ1) is 34.3. The van der Waals surface area contributed by atoms with Gasteiger partial charge >= 0.3 is 47.0 Å². The molecule has 0 aromatic heterocycles. The van der Waals surface area contributed by atoms with E-state index in [0.717, 1.165) is 0 Å². The Labute approximate surface area is 191 Å². The van der Waals surface area contributed by atoms with Crippen LogP contribution in [0, 0.1) is 0 Å². The van der Waals surface area contributed by atoms with Crippen LogP contribution in [0.25, 0.3) is 0 Å². The summed E-state index contributed by atoms with van der Waals surface area (Å²) >= 11 is 0. The average Bonchev–Trinajstić information content (AvgIpc) is 2.62.